The first-order valence-electron chi connectivity index (χ1n) is 2.94. The van der Waals surface area contributed by atoms with Crippen molar-refractivity contribution in [2.75, 3.05) is 7.11 Å². The van der Waals surface area contributed by atoms with Crippen LogP contribution in [-0.2, 0) is 4.74 Å². The predicted octanol–water partition coefficient (Wildman–Crippen LogP) is 2.17. The van der Waals surface area contributed by atoms with Gasteiger partial charge >= 0.3 is 0 Å². The molecule has 11 heavy (non-hydrogen) atoms. The van der Waals surface area contributed by atoms with Crippen LogP contribution in [0.4, 0.5) is 0 Å². The first-order valence-corrected chi connectivity index (χ1v) is 4.14. The molecule has 1 heterocycles. The molecule has 58 valence electrons. The molecule has 0 spiro atoms. The largest absolute Gasteiger partial charge is 0.485 e. The third-order valence-corrected chi connectivity index (χ3v) is 1.99. The maximum absolute atomic E-state index is 4.88. The Bertz CT molecular complexity index is 277. The van der Waals surface area contributed by atoms with Crippen LogP contribution in [0.3, 0.4) is 0 Å². The van der Waals surface area contributed by atoms with Gasteiger partial charge in [-0.3, -0.25) is 4.98 Å². The summed E-state index contributed by atoms with van der Waals surface area (Å²) in [6.07, 6.45) is 1.67. The molecular formula is C7H6BrNOS. The lowest BCUT2D eigenvalue weighted by atomic mass is 10.4. The summed E-state index contributed by atoms with van der Waals surface area (Å²) < 4.78 is 5.79. The minimum Gasteiger partial charge on any atom is -0.485 e. The van der Waals surface area contributed by atoms with Gasteiger partial charge in [-0.2, -0.15) is 0 Å². The second-order valence-corrected chi connectivity index (χ2v) is 3.14. The van der Waals surface area contributed by atoms with E-state index in [0.717, 1.165) is 4.47 Å². The van der Waals surface area contributed by atoms with E-state index in [2.05, 4.69) is 20.9 Å². The van der Waals surface area contributed by atoms with Gasteiger partial charge < -0.3 is 4.74 Å². The lowest BCUT2D eigenvalue weighted by Crippen LogP contribution is -2.01. The van der Waals surface area contributed by atoms with Crippen LogP contribution < -0.4 is 0 Å². The SMILES string of the molecule is COC(=S)c1cc(Br)ccn1. The van der Waals surface area contributed by atoms with E-state index in [9.17, 15) is 0 Å². The summed E-state index contributed by atoms with van der Waals surface area (Å²) in [7, 11) is 1.53. The lowest BCUT2D eigenvalue weighted by Gasteiger charge is -1.99. The highest BCUT2D eigenvalue weighted by atomic mass is 79.9. The molecule has 1 aromatic heterocycles. The molecule has 0 aliphatic heterocycles. The molecule has 0 saturated carbocycles. The zero-order chi connectivity index (χ0) is 8.27. The molecule has 2 nitrogen and oxygen atoms in total. The van der Waals surface area contributed by atoms with E-state index in [1.54, 1.807) is 6.20 Å². The van der Waals surface area contributed by atoms with Gasteiger partial charge in [0.2, 0.25) is 5.05 Å². The summed E-state index contributed by atoms with van der Waals surface area (Å²) in [5, 5.41) is 0.409. The quantitative estimate of drug-likeness (QED) is 0.692. The van der Waals surface area contributed by atoms with E-state index in [4.69, 9.17) is 17.0 Å². The second-order valence-electron chi connectivity index (χ2n) is 1.85. The molecule has 0 radical (unpaired) electrons. The number of hydrogen-bond acceptors (Lipinski definition) is 3. The Hall–Kier alpha value is -0.480. The number of halogens is 1. The third kappa shape index (κ3) is 2.24. The van der Waals surface area contributed by atoms with E-state index < -0.39 is 0 Å². The smallest absolute Gasteiger partial charge is 0.209 e. The molecule has 0 fully saturated rings. The fraction of sp³-hybridized carbons (Fsp3) is 0.143. The van der Waals surface area contributed by atoms with Crippen molar-refractivity contribution < 1.29 is 4.74 Å². The number of methoxy groups -OCH3 is 1. The number of nitrogens with zero attached hydrogens (tertiary/aromatic N) is 1. The zero-order valence-electron chi connectivity index (χ0n) is 5.87. The van der Waals surface area contributed by atoms with E-state index in [-0.39, 0.29) is 0 Å². The van der Waals surface area contributed by atoms with Gasteiger partial charge in [0.1, 0.15) is 5.69 Å². The second kappa shape index (κ2) is 3.78. The summed E-state index contributed by atoms with van der Waals surface area (Å²) in [4.78, 5) is 4.01. The summed E-state index contributed by atoms with van der Waals surface area (Å²) in [5.74, 6) is 0. The summed E-state index contributed by atoms with van der Waals surface area (Å²) in [6.45, 7) is 0. The van der Waals surface area contributed by atoms with Crippen molar-refractivity contribution in [3.05, 3.63) is 28.5 Å². The number of ether oxygens (including phenoxy) is 1. The Morgan fingerprint density at radius 2 is 2.45 bits per heavy atom. The van der Waals surface area contributed by atoms with Gasteiger partial charge in [0.15, 0.2) is 0 Å². The molecule has 0 atom stereocenters. The number of hydrogen-bond donors (Lipinski definition) is 0. The minimum atomic E-state index is 0.409. The summed E-state index contributed by atoms with van der Waals surface area (Å²) in [5.41, 5.74) is 0.678. The maximum atomic E-state index is 4.88. The van der Waals surface area contributed by atoms with E-state index in [1.165, 1.54) is 7.11 Å². The van der Waals surface area contributed by atoms with Gasteiger partial charge in [-0.15, -0.1) is 0 Å². The van der Waals surface area contributed by atoms with Gasteiger partial charge in [-0.25, -0.2) is 0 Å². The van der Waals surface area contributed by atoms with Crippen LogP contribution in [0.1, 0.15) is 5.69 Å². The zero-order valence-corrected chi connectivity index (χ0v) is 8.28. The highest BCUT2D eigenvalue weighted by molar-refractivity contribution is 9.10. The van der Waals surface area contributed by atoms with Crippen LogP contribution in [0.25, 0.3) is 0 Å². The van der Waals surface area contributed by atoms with E-state index in [0.29, 0.717) is 10.7 Å². The first-order chi connectivity index (χ1) is 5.24. The average Bonchev–Trinajstić information content (AvgIpc) is 2.03. The number of thiocarbonyl (C=S) groups is 1. The van der Waals surface area contributed by atoms with Gasteiger partial charge in [-0.1, -0.05) is 15.9 Å². The summed E-state index contributed by atoms with van der Waals surface area (Å²) >= 11 is 8.18. The number of aromatic nitrogens is 1. The Balaban J connectivity index is 2.96. The van der Waals surface area contributed by atoms with Crippen molar-refractivity contribution in [2.24, 2.45) is 0 Å². The molecule has 0 N–H and O–H groups in total. The summed E-state index contributed by atoms with van der Waals surface area (Å²) in [6, 6.07) is 3.65. The van der Waals surface area contributed by atoms with Crippen LogP contribution in [0.15, 0.2) is 22.8 Å². The Labute approximate surface area is 78.7 Å². The molecule has 1 rings (SSSR count). The van der Waals surface area contributed by atoms with Gasteiger partial charge in [0.05, 0.1) is 7.11 Å². The van der Waals surface area contributed by atoms with E-state index in [1.807, 2.05) is 12.1 Å². The third-order valence-electron chi connectivity index (χ3n) is 1.12. The predicted molar refractivity (Wildman–Crippen MR) is 50.6 cm³/mol. The van der Waals surface area contributed by atoms with E-state index >= 15 is 0 Å². The molecule has 0 bridgehead atoms. The van der Waals surface area contributed by atoms with Crippen LogP contribution in [0.2, 0.25) is 0 Å². The van der Waals surface area contributed by atoms with Gasteiger partial charge in [0, 0.05) is 10.7 Å². The van der Waals surface area contributed by atoms with Crippen molar-refractivity contribution in [1.29, 1.82) is 0 Å². The number of rotatable bonds is 1. The van der Waals surface area contributed by atoms with Crippen molar-refractivity contribution in [2.45, 2.75) is 0 Å². The molecule has 4 heteroatoms. The molecule has 0 unspecified atom stereocenters. The fourth-order valence-electron chi connectivity index (χ4n) is 0.621. The number of pyridine rings is 1. The van der Waals surface area contributed by atoms with Crippen LogP contribution in [0.5, 0.6) is 0 Å². The van der Waals surface area contributed by atoms with Crippen molar-refractivity contribution in [3.63, 3.8) is 0 Å². The van der Waals surface area contributed by atoms with Crippen LogP contribution >= 0.6 is 28.1 Å². The van der Waals surface area contributed by atoms with Crippen molar-refractivity contribution >= 4 is 33.2 Å². The van der Waals surface area contributed by atoms with Gasteiger partial charge in [0.25, 0.3) is 0 Å². The normalized spacial score (nSPS) is 9.27. The molecular weight excluding hydrogens is 226 g/mol. The van der Waals surface area contributed by atoms with Crippen LogP contribution in [-0.4, -0.2) is 17.1 Å². The molecule has 1 aromatic rings. The molecule has 0 aliphatic carbocycles. The maximum Gasteiger partial charge on any atom is 0.209 e. The topological polar surface area (TPSA) is 22.1 Å². The monoisotopic (exact) mass is 231 g/mol. The fourth-order valence-corrected chi connectivity index (χ4v) is 1.07. The first kappa shape index (κ1) is 8.62. The standard InChI is InChI=1S/C7H6BrNOS/c1-10-7(11)6-4-5(8)2-3-9-6/h2-4H,1H3. The molecule has 0 saturated heterocycles. The Morgan fingerprint density at radius 1 is 1.73 bits per heavy atom. The average molecular weight is 232 g/mol. The van der Waals surface area contributed by atoms with Crippen molar-refractivity contribution in [1.82, 2.24) is 4.98 Å². The Morgan fingerprint density at radius 3 is 3.00 bits per heavy atom. The Kier molecular flexibility index (Phi) is 2.96. The van der Waals surface area contributed by atoms with Gasteiger partial charge in [-0.05, 0) is 24.4 Å². The highest BCUT2D eigenvalue weighted by Crippen LogP contribution is 2.09. The molecule has 0 aromatic carbocycles. The molecule has 0 amide bonds. The molecule has 0 aliphatic rings. The minimum absolute atomic E-state index is 0.409. The van der Waals surface area contributed by atoms with Crippen LogP contribution in [0, 0.1) is 0 Å². The highest BCUT2D eigenvalue weighted by Gasteiger charge is 2.00. The lowest BCUT2D eigenvalue weighted by molar-refractivity contribution is 0.414. The van der Waals surface area contributed by atoms with Crippen molar-refractivity contribution in [3.8, 4) is 0 Å².